The third-order valence-corrected chi connectivity index (χ3v) is 9.62. The molecule has 0 amide bonds. The number of ether oxygens (including phenoxy) is 7. The van der Waals surface area contributed by atoms with E-state index >= 15 is 0 Å². The van der Waals surface area contributed by atoms with Crippen molar-refractivity contribution >= 4 is 23.9 Å². The normalized spacial score (nSPS) is 30.8. The van der Waals surface area contributed by atoms with Crippen LogP contribution in [0.15, 0.2) is 24.0 Å². The summed E-state index contributed by atoms with van der Waals surface area (Å²) in [7, 11) is 3.55. The molecule has 1 aromatic rings. The Morgan fingerprint density at radius 3 is 2.61 bits per heavy atom. The highest BCUT2D eigenvalue weighted by Gasteiger charge is 2.72. The fraction of sp³-hybridized carbons (Fsp3) is 0.636. The minimum atomic E-state index is -1.64. The summed E-state index contributed by atoms with van der Waals surface area (Å²) in [5.74, 6) is -3.46. The number of hydrogen-bond acceptors (Lipinski definition) is 13. The number of carbonyl (C=O) groups is 4. The van der Waals surface area contributed by atoms with Crippen LogP contribution in [0, 0.1) is 5.92 Å². The van der Waals surface area contributed by atoms with Gasteiger partial charge in [0.15, 0.2) is 23.7 Å². The van der Waals surface area contributed by atoms with Gasteiger partial charge in [-0.25, -0.2) is 9.59 Å². The highest BCUT2D eigenvalue weighted by molar-refractivity contribution is 5.87. The van der Waals surface area contributed by atoms with Gasteiger partial charge in [0.2, 0.25) is 11.9 Å². The molecule has 13 nitrogen and oxygen atoms in total. The lowest BCUT2D eigenvalue weighted by molar-refractivity contribution is -0.177. The molecule has 3 heterocycles. The molecule has 1 N–H and O–H groups in total. The number of cyclic esters (lactones) is 1. The standard InChI is InChI=1S/C33H41NO12/c1-17(2)16-41-29(37)21(43-25(36)15-22-30(38)46-31(3,4)45-22)14-24(35)42-20-9-10-33(39)23-13-18-7-8-19(40-6)27-26(18)32(33,28(20)44-27)11-12-34(23)5/h7-9,17,21-23,28,39H,10-16H2,1-6H3/t21-,22-,23+,28-,32-,33+/m0/s1. The van der Waals surface area contributed by atoms with Crippen LogP contribution in [0.2, 0.25) is 0 Å². The first kappa shape index (κ1) is 32.3. The number of hydrogen-bond donors (Lipinski definition) is 1. The molecule has 0 radical (unpaired) electrons. The van der Waals surface area contributed by atoms with E-state index in [1.54, 1.807) is 13.2 Å². The van der Waals surface area contributed by atoms with E-state index in [0.29, 0.717) is 30.9 Å². The smallest absolute Gasteiger partial charge is 0.348 e. The molecule has 6 atom stereocenters. The molecule has 6 rings (SSSR count). The molecule has 1 aromatic carbocycles. The minimum Gasteiger partial charge on any atom is -0.493 e. The first-order valence-electron chi connectivity index (χ1n) is 15.7. The number of nitrogens with zero attached hydrogens (tertiary/aromatic N) is 1. The number of methoxy groups -OCH3 is 1. The summed E-state index contributed by atoms with van der Waals surface area (Å²) in [4.78, 5) is 53.6. The topological polar surface area (TPSA) is 156 Å². The maximum absolute atomic E-state index is 13.5. The molecule has 2 bridgehead atoms. The van der Waals surface area contributed by atoms with Crippen molar-refractivity contribution in [3.05, 3.63) is 35.1 Å². The van der Waals surface area contributed by atoms with Gasteiger partial charge in [-0.2, -0.15) is 0 Å². The van der Waals surface area contributed by atoms with Crippen molar-refractivity contribution in [2.75, 3.05) is 27.3 Å². The van der Waals surface area contributed by atoms with Gasteiger partial charge in [0.1, 0.15) is 5.76 Å². The summed E-state index contributed by atoms with van der Waals surface area (Å²) >= 11 is 0. The molecule has 5 aliphatic rings. The SMILES string of the molecule is COc1ccc2c3c1O[C@H]1C(OC(=O)C[C@H](OC(=O)C[C@@H]4OC(C)(C)OC4=O)C(=O)OCC(C)C)=CC[C@@]4(O)[C@@H](C2)N(C)CC[C@]314. The molecule has 2 aliphatic carbocycles. The number of aliphatic hydroxyl groups is 1. The van der Waals surface area contributed by atoms with Crippen LogP contribution in [0.3, 0.4) is 0 Å². The Morgan fingerprint density at radius 2 is 1.93 bits per heavy atom. The molecule has 2 saturated heterocycles. The van der Waals surface area contributed by atoms with Crippen LogP contribution >= 0.6 is 0 Å². The monoisotopic (exact) mass is 643 g/mol. The van der Waals surface area contributed by atoms with E-state index in [9.17, 15) is 24.3 Å². The quantitative estimate of drug-likeness (QED) is 0.292. The van der Waals surface area contributed by atoms with Crippen molar-refractivity contribution in [3.63, 3.8) is 0 Å². The molecule has 0 aromatic heterocycles. The molecular weight excluding hydrogens is 602 g/mol. The lowest BCUT2D eigenvalue weighted by Gasteiger charge is -2.61. The van der Waals surface area contributed by atoms with Gasteiger partial charge in [-0.15, -0.1) is 0 Å². The zero-order valence-corrected chi connectivity index (χ0v) is 27.0. The lowest BCUT2D eigenvalue weighted by atomic mass is 9.50. The van der Waals surface area contributed by atoms with E-state index in [4.69, 9.17) is 33.2 Å². The van der Waals surface area contributed by atoms with Crippen LogP contribution in [-0.2, 0) is 54.7 Å². The second kappa shape index (κ2) is 11.5. The van der Waals surface area contributed by atoms with Crippen molar-refractivity contribution in [2.45, 2.75) is 101 Å². The van der Waals surface area contributed by atoms with Crippen molar-refractivity contribution in [2.24, 2.45) is 5.92 Å². The van der Waals surface area contributed by atoms with Crippen LogP contribution in [0.4, 0.5) is 0 Å². The zero-order chi connectivity index (χ0) is 33.2. The Bertz CT molecular complexity index is 1480. The van der Waals surface area contributed by atoms with E-state index in [2.05, 4.69) is 4.90 Å². The predicted octanol–water partition coefficient (Wildman–Crippen LogP) is 2.09. The summed E-state index contributed by atoms with van der Waals surface area (Å²) < 4.78 is 39.2. The lowest BCUT2D eigenvalue weighted by Crippen LogP contribution is -2.74. The van der Waals surface area contributed by atoms with Gasteiger partial charge in [0.25, 0.3) is 0 Å². The molecular formula is C33H41NO12. The van der Waals surface area contributed by atoms with Crippen molar-refractivity contribution in [1.82, 2.24) is 4.90 Å². The third kappa shape index (κ3) is 5.22. The summed E-state index contributed by atoms with van der Waals surface area (Å²) in [6, 6.07) is 3.66. The molecule has 3 aliphatic heterocycles. The average molecular weight is 644 g/mol. The predicted molar refractivity (Wildman–Crippen MR) is 158 cm³/mol. The first-order valence-corrected chi connectivity index (χ1v) is 15.7. The Morgan fingerprint density at radius 1 is 1.17 bits per heavy atom. The Kier molecular flexibility index (Phi) is 8.09. The van der Waals surface area contributed by atoms with Gasteiger partial charge in [-0.05, 0) is 50.1 Å². The zero-order valence-electron chi connectivity index (χ0n) is 27.0. The minimum absolute atomic E-state index is 0.0153. The maximum atomic E-state index is 13.5. The maximum Gasteiger partial charge on any atom is 0.348 e. The molecule has 250 valence electrons. The Balaban J connectivity index is 1.23. The summed E-state index contributed by atoms with van der Waals surface area (Å²) in [6.45, 7) is 7.46. The average Bonchev–Trinajstić information content (AvgIpc) is 3.47. The van der Waals surface area contributed by atoms with Gasteiger partial charge < -0.3 is 43.2 Å². The molecule has 2 fully saturated rings. The molecule has 46 heavy (non-hydrogen) atoms. The van der Waals surface area contributed by atoms with Gasteiger partial charge in [0, 0.05) is 31.9 Å². The van der Waals surface area contributed by atoms with Crippen LogP contribution in [0.5, 0.6) is 11.5 Å². The number of benzene rings is 1. The number of rotatable bonds is 10. The van der Waals surface area contributed by atoms with Crippen LogP contribution in [-0.4, -0.2) is 96.9 Å². The fourth-order valence-corrected chi connectivity index (χ4v) is 7.63. The fourth-order valence-electron chi connectivity index (χ4n) is 7.63. The van der Waals surface area contributed by atoms with E-state index in [0.717, 1.165) is 11.1 Å². The highest BCUT2D eigenvalue weighted by atomic mass is 16.8. The van der Waals surface area contributed by atoms with Crippen LogP contribution < -0.4 is 9.47 Å². The van der Waals surface area contributed by atoms with Gasteiger partial charge >= 0.3 is 23.9 Å². The van der Waals surface area contributed by atoms with E-state index < -0.39 is 71.8 Å². The third-order valence-electron chi connectivity index (χ3n) is 9.62. The van der Waals surface area contributed by atoms with Crippen molar-refractivity contribution in [1.29, 1.82) is 0 Å². The summed E-state index contributed by atoms with van der Waals surface area (Å²) in [5, 5.41) is 12.4. The number of esters is 4. The second-order valence-electron chi connectivity index (χ2n) is 13.6. The summed E-state index contributed by atoms with van der Waals surface area (Å²) in [5.41, 5.74) is -0.157. The van der Waals surface area contributed by atoms with Crippen molar-refractivity contribution in [3.8, 4) is 11.5 Å². The Hall–Kier alpha value is -3.68. The Labute approximate surface area is 267 Å². The van der Waals surface area contributed by atoms with Gasteiger partial charge in [-0.3, -0.25) is 9.59 Å². The highest BCUT2D eigenvalue weighted by Crippen LogP contribution is 2.65. The van der Waals surface area contributed by atoms with Crippen molar-refractivity contribution < 1.29 is 57.4 Å². The van der Waals surface area contributed by atoms with E-state index in [1.165, 1.54) is 13.8 Å². The number of piperidine rings is 1. The van der Waals surface area contributed by atoms with E-state index in [-0.39, 0.29) is 30.7 Å². The number of carbonyl (C=O) groups excluding carboxylic acids is 4. The largest absolute Gasteiger partial charge is 0.493 e. The van der Waals surface area contributed by atoms with Gasteiger partial charge in [0.05, 0.1) is 37.6 Å². The molecule has 1 spiro atoms. The molecule has 0 unspecified atom stereocenters. The summed E-state index contributed by atoms with van der Waals surface area (Å²) in [6.07, 6.45) is -1.81. The molecule has 13 heteroatoms. The van der Waals surface area contributed by atoms with Crippen LogP contribution in [0.1, 0.15) is 64.5 Å². The second-order valence-corrected chi connectivity index (χ2v) is 13.6. The van der Waals surface area contributed by atoms with Gasteiger partial charge in [-0.1, -0.05) is 19.9 Å². The van der Waals surface area contributed by atoms with Crippen LogP contribution in [0.25, 0.3) is 0 Å². The van der Waals surface area contributed by atoms with E-state index in [1.807, 2.05) is 33.0 Å². The molecule has 0 saturated carbocycles. The number of likely N-dealkylation sites (tertiary alicyclic amines) is 1. The first-order chi connectivity index (χ1) is 21.7. The number of likely N-dealkylation sites (N-methyl/N-ethyl adjacent to an activating group) is 1.